The molecule has 2 heteroatoms. The van der Waals surface area contributed by atoms with Crippen LogP contribution in [-0.2, 0) is 4.79 Å². The van der Waals surface area contributed by atoms with Crippen LogP contribution in [0.15, 0.2) is 0 Å². The van der Waals surface area contributed by atoms with Crippen LogP contribution in [0, 0.1) is 5.41 Å². The Balaban J connectivity index is 2.11. The van der Waals surface area contributed by atoms with Crippen molar-refractivity contribution in [1.29, 1.82) is 0 Å². The first kappa shape index (κ1) is 8.09. The number of nitrogens with one attached hydrogen (secondary N) is 1. The molecule has 0 bridgehead atoms. The average Bonchev–Trinajstić information content (AvgIpc) is 2.06. The number of carbonyl (C=O) groups is 1. The molecule has 1 amide bonds. The lowest BCUT2D eigenvalue weighted by Gasteiger charge is -2.45. The van der Waals surface area contributed by atoms with E-state index in [0.29, 0.717) is 11.5 Å². The average molecular weight is 167 g/mol. The van der Waals surface area contributed by atoms with E-state index >= 15 is 0 Å². The SMILES string of the molecule is C[C@@]12CCCCC1NC(=O)CC2. The first-order valence-corrected chi connectivity index (χ1v) is 5.00. The van der Waals surface area contributed by atoms with Gasteiger partial charge >= 0.3 is 0 Å². The molecule has 0 aromatic rings. The van der Waals surface area contributed by atoms with Crippen molar-refractivity contribution in [3.8, 4) is 0 Å². The molecule has 1 saturated carbocycles. The quantitative estimate of drug-likeness (QED) is 0.586. The smallest absolute Gasteiger partial charge is 0.220 e. The summed E-state index contributed by atoms with van der Waals surface area (Å²) in [6.45, 7) is 2.33. The van der Waals surface area contributed by atoms with E-state index in [1.807, 2.05) is 0 Å². The molecule has 2 nitrogen and oxygen atoms in total. The van der Waals surface area contributed by atoms with Gasteiger partial charge in [-0.2, -0.15) is 0 Å². The Bertz CT molecular complexity index is 202. The maximum Gasteiger partial charge on any atom is 0.220 e. The number of carbonyl (C=O) groups excluding carboxylic acids is 1. The molecular weight excluding hydrogens is 150 g/mol. The van der Waals surface area contributed by atoms with E-state index in [4.69, 9.17) is 0 Å². The highest BCUT2D eigenvalue weighted by atomic mass is 16.1. The molecule has 0 aromatic carbocycles. The lowest BCUT2D eigenvalue weighted by molar-refractivity contribution is -0.127. The van der Waals surface area contributed by atoms with Crippen LogP contribution in [0.3, 0.4) is 0 Å². The molecule has 68 valence electrons. The summed E-state index contributed by atoms with van der Waals surface area (Å²) < 4.78 is 0. The second-order valence-electron chi connectivity index (χ2n) is 4.52. The maximum absolute atomic E-state index is 11.1. The number of rotatable bonds is 0. The summed E-state index contributed by atoms with van der Waals surface area (Å²) >= 11 is 0. The maximum atomic E-state index is 11.1. The van der Waals surface area contributed by atoms with Crippen LogP contribution in [0.5, 0.6) is 0 Å². The zero-order chi connectivity index (χ0) is 8.60. The monoisotopic (exact) mass is 167 g/mol. The van der Waals surface area contributed by atoms with Gasteiger partial charge in [0.1, 0.15) is 0 Å². The van der Waals surface area contributed by atoms with Crippen molar-refractivity contribution in [3.05, 3.63) is 0 Å². The number of amides is 1. The van der Waals surface area contributed by atoms with E-state index in [1.54, 1.807) is 0 Å². The van der Waals surface area contributed by atoms with Crippen molar-refractivity contribution in [2.45, 2.75) is 51.5 Å². The van der Waals surface area contributed by atoms with Gasteiger partial charge in [-0.25, -0.2) is 0 Å². The minimum atomic E-state index is 0.263. The largest absolute Gasteiger partial charge is 0.353 e. The van der Waals surface area contributed by atoms with Crippen LogP contribution in [0.25, 0.3) is 0 Å². The molecule has 0 spiro atoms. The summed E-state index contributed by atoms with van der Waals surface area (Å²) in [5.74, 6) is 0.263. The third-order valence-corrected chi connectivity index (χ3v) is 3.59. The van der Waals surface area contributed by atoms with E-state index in [0.717, 1.165) is 12.8 Å². The minimum absolute atomic E-state index is 0.263. The Hall–Kier alpha value is -0.530. The lowest BCUT2D eigenvalue weighted by Crippen LogP contribution is -2.52. The van der Waals surface area contributed by atoms with Crippen LogP contribution < -0.4 is 5.32 Å². The van der Waals surface area contributed by atoms with Crippen LogP contribution in [0.4, 0.5) is 0 Å². The molecule has 1 heterocycles. The fourth-order valence-corrected chi connectivity index (χ4v) is 2.61. The highest BCUT2D eigenvalue weighted by Crippen LogP contribution is 2.41. The summed E-state index contributed by atoms with van der Waals surface area (Å²) in [7, 11) is 0. The first-order valence-electron chi connectivity index (χ1n) is 5.00. The Morgan fingerprint density at radius 2 is 2.25 bits per heavy atom. The lowest BCUT2D eigenvalue weighted by atomic mass is 9.67. The third-order valence-electron chi connectivity index (χ3n) is 3.59. The second kappa shape index (κ2) is 2.75. The molecule has 0 aromatic heterocycles. The second-order valence-corrected chi connectivity index (χ2v) is 4.52. The van der Waals surface area contributed by atoms with Gasteiger partial charge in [0.25, 0.3) is 0 Å². The Morgan fingerprint density at radius 3 is 3.08 bits per heavy atom. The Kier molecular flexibility index (Phi) is 1.85. The van der Waals surface area contributed by atoms with E-state index in [2.05, 4.69) is 12.2 Å². The molecule has 2 aliphatic rings. The van der Waals surface area contributed by atoms with Crippen LogP contribution >= 0.6 is 0 Å². The van der Waals surface area contributed by atoms with Gasteiger partial charge in [0, 0.05) is 12.5 Å². The van der Waals surface area contributed by atoms with Gasteiger partial charge in [0.15, 0.2) is 0 Å². The Labute approximate surface area is 73.7 Å². The normalized spacial score (nSPS) is 41.8. The van der Waals surface area contributed by atoms with Crippen molar-refractivity contribution in [2.24, 2.45) is 5.41 Å². The molecule has 0 radical (unpaired) electrons. The molecule has 2 rings (SSSR count). The van der Waals surface area contributed by atoms with Gasteiger partial charge in [-0.05, 0) is 24.7 Å². The molecule has 1 N–H and O–H groups in total. The molecule has 12 heavy (non-hydrogen) atoms. The van der Waals surface area contributed by atoms with Gasteiger partial charge in [0.05, 0.1) is 0 Å². The summed E-state index contributed by atoms with van der Waals surface area (Å²) in [4.78, 5) is 11.1. The molecule has 2 atom stereocenters. The standard InChI is InChI=1S/C10H17NO/c1-10-6-3-2-4-8(10)11-9(12)5-7-10/h8H,2-7H2,1H3,(H,11,12)/t8?,10-/m0/s1. The summed E-state index contributed by atoms with van der Waals surface area (Å²) in [5, 5.41) is 3.12. The van der Waals surface area contributed by atoms with E-state index in [9.17, 15) is 4.79 Å². The minimum Gasteiger partial charge on any atom is -0.353 e. The zero-order valence-corrected chi connectivity index (χ0v) is 7.73. The van der Waals surface area contributed by atoms with Crippen LogP contribution in [-0.4, -0.2) is 11.9 Å². The highest BCUT2D eigenvalue weighted by molar-refractivity contribution is 5.77. The number of hydrogen-bond acceptors (Lipinski definition) is 1. The molecule has 1 aliphatic heterocycles. The number of hydrogen-bond donors (Lipinski definition) is 1. The van der Waals surface area contributed by atoms with Crippen LogP contribution in [0.1, 0.15) is 45.4 Å². The van der Waals surface area contributed by atoms with E-state index in [1.165, 1.54) is 25.7 Å². The zero-order valence-electron chi connectivity index (χ0n) is 7.73. The fourth-order valence-electron chi connectivity index (χ4n) is 2.61. The molecule has 1 aliphatic carbocycles. The summed E-state index contributed by atoms with van der Waals surface area (Å²) in [6, 6.07) is 0.479. The van der Waals surface area contributed by atoms with Crippen molar-refractivity contribution in [2.75, 3.05) is 0 Å². The van der Waals surface area contributed by atoms with Crippen LogP contribution in [0.2, 0.25) is 0 Å². The van der Waals surface area contributed by atoms with Gasteiger partial charge < -0.3 is 5.32 Å². The fraction of sp³-hybridized carbons (Fsp3) is 0.900. The molecular formula is C10H17NO. The predicted octanol–water partition coefficient (Wildman–Crippen LogP) is 1.85. The first-order chi connectivity index (χ1) is 5.71. The van der Waals surface area contributed by atoms with Crippen molar-refractivity contribution < 1.29 is 4.79 Å². The van der Waals surface area contributed by atoms with E-state index in [-0.39, 0.29) is 5.91 Å². The predicted molar refractivity (Wildman–Crippen MR) is 47.7 cm³/mol. The third kappa shape index (κ3) is 1.23. The molecule has 2 fully saturated rings. The number of piperidine rings is 1. The van der Waals surface area contributed by atoms with Gasteiger partial charge in [-0.1, -0.05) is 19.8 Å². The van der Waals surface area contributed by atoms with Gasteiger partial charge in [-0.3, -0.25) is 4.79 Å². The Morgan fingerprint density at radius 1 is 1.42 bits per heavy atom. The van der Waals surface area contributed by atoms with Crippen molar-refractivity contribution in [3.63, 3.8) is 0 Å². The molecule has 1 unspecified atom stereocenters. The van der Waals surface area contributed by atoms with Gasteiger partial charge in [0.2, 0.25) is 5.91 Å². The van der Waals surface area contributed by atoms with Crippen molar-refractivity contribution >= 4 is 5.91 Å². The molecule has 1 saturated heterocycles. The van der Waals surface area contributed by atoms with E-state index < -0.39 is 0 Å². The topological polar surface area (TPSA) is 29.1 Å². The highest BCUT2D eigenvalue weighted by Gasteiger charge is 2.40. The summed E-state index contributed by atoms with van der Waals surface area (Å²) in [5.41, 5.74) is 0.423. The van der Waals surface area contributed by atoms with Crippen molar-refractivity contribution in [1.82, 2.24) is 5.32 Å². The number of fused-ring (bicyclic) bond motifs is 1. The summed E-state index contributed by atoms with van der Waals surface area (Å²) in [6.07, 6.45) is 6.99. The van der Waals surface area contributed by atoms with Gasteiger partial charge in [-0.15, -0.1) is 0 Å².